The second-order valence-electron chi connectivity index (χ2n) is 4.53. The van der Waals surface area contributed by atoms with Gasteiger partial charge in [0.05, 0.1) is 13.7 Å². The molecule has 4 amide bonds. The SMILES string of the molecule is COc1ccc(C(=O)CNC(=O)C=NN2CC(=O)NC2=O)cc1. The molecule has 0 radical (unpaired) electrons. The van der Waals surface area contributed by atoms with Gasteiger partial charge in [-0.05, 0) is 24.3 Å². The van der Waals surface area contributed by atoms with Gasteiger partial charge in [-0.25, -0.2) is 9.80 Å². The van der Waals surface area contributed by atoms with Crippen molar-refractivity contribution in [1.29, 1.82) is 0 Å². The number of methoxy groups -OCH3 is 1. The van der Waals surface area contributed by atoms with Gasteiger partial charge in [-0.15, -0.1) is 0 Å². The van der Waals surface area contributed by atoms with Crippen LogP contribution in [0.5, 0.6) is 5.75 Å². The Morgan fingerprint density at radius 2 is 2.04 bits per heavy atom. The van der Waals surface area contributed by atoms with E-state index in [4.69, 9.17) is 4.74 Å². The Hall–Kier alpha value is -3.23. The van der Waals surface area contributed by atoms with E-state index in [1.807, 2.05) is 5.32 Å². The zero-order valence-corrected chi connectivity index (χ0v) is 12.2. The van der Waals surface area contributed by atoms with Gasteiger partial charge in [-0.2, -0.15) is 5.10 Å². The third kappa shape index (κ3) is 4.37. The molecule has 1 saturated heterocycles. The van der Waals surface area contributed by atoms with Gasteiger partial charge in [-0.3, -0.25) is 19.7 Å². The highest BCUT2D eigenvalue weighted by Crippen LogP contribution is 2.11. The lowest BCUT2D eigenvalue weighted by atomic mass is 10.1. The molecule has 1 aromatic carbocycles. The predicted octanol–water partition coefficient (Wildman–Crippen LogP) is -0.468. The number of carbonyl (C=O) groups excluding carboxylic acids is 4. The number of amides is 4. The van der Waals surface area contributed by atoms with Crippen LogP contribution in [0.3, 0.4) is 0 Å². The topological polar surface area (TPSA) is 117 Å². The summed E-state index contributed by atoms with van der Waals surface area (Å²) in [5, 5.41) is 8.73. The number of imide groups is 1. The van der Waals surface area contributed by atoms with Gasteiger partial charge in [0.15, 0.2) is 5.78 Å². The van der Waals surface area contributed by atoms with Gasteiger partial charge in [-0.1, -0.05) is 0 Å². The number of nitrogens with one attached hydrogen (secondary N) is 2. The highest BCUT2D eigenvalue weighted by molar-refractivity contribution is 6.27. The van der Waals surface area contributed by atoms with Crippen molar-refractivity contribution in [2.24, 2.45) is 5.10 Å². The van der Waals surface area contributed by atoms with Crippen molar-refractivity contribution in [2.45, 2.75) is 0 Å². The Balaban J connectivity index is 1.82. The second-order valence-corrected chi connectivity index (χ2v) is 4.53. The summed E-state index contributed by atoms with van der Waals surface area (Å²) in [6.45, 7) is -0.463. The first kappa shape index (κ1) is 16.1. The van der Waals surface area contributed by atoms with Crippen LogP contribution in [0.15, 0.2) is 29.4 Å². The maximum Gasteiger partial charge on any atom is 0.344 e. The van der Waals surface area contributed by atoms with E-state index in [9.17, 15) is 19.2 Å². The number of carbonyl (C=O) groups is 4. The predicted molar refractivity (Wildman–Crippen MR) is 79.1 cm³/mol. The molecule has 23 heavy (non-hydrogen) atoms. The monoisotopic (exact) mass is 318 g/mol. The van der Waals surface area contributed by atoms with Crippen LogP contribution in [0.25, 0.3) is 0 Å². The van der Waals surface area contributed by atoms with Gasteiger partial charge in [0.2, 0.25) is 5.91 Å². The fourth-order valence-electron chi connectivity index (χ4n) is 1.74. The maximum atomic E-state index is 11.9. The van der Waals surface area contributed by atoms with Gasteiger partial charge in [0.25, 0.3) is 5.91 Å². The Labute approximate surface area is 131 Å². The summed E-state index contributed by atoms with van der Waals surface area (Å²) in [5.41, 5.74) is 0.424. The number of hydrogen-bond acceptors (Lipinski definition) is 6. The maximum absolute atomic E-state index is 11.9. The Bertz CT molecular complexity index is 668. The molecule has 0 unspecified atom stereocenters. The summed E-state index contributed by atoms with van der Waals surface area (Å²) in [5.74, 6) is -0.819. The lowest BCUT2D eigenvalue weighted by molar-refractivity contribution is -0.118. The molecule has 0 saturated carbocycles. The van der Waals surface area contributed by atoms with Crippen LogP contribution in [0, 0.1) is 0 Å². The molecule has 1 aromatic rings. The van der Waals surface area contributed by atoms with Crippen LogP contribution in [-0.4, -0.2) is 55.1 Å². The van der Waals surface area contributed by atoms with Crippen molar-refractivity contribution in [3.05, 3.63) is 29.8 Å². The molecular formula is C14H14N4O5. The normalized spacial score (nSPS) is 14.0. The number of hydrazone groups is 1. The fourth-order valence-corrected chi connectivity index (χ4v) is 1.74. The van der Waals surface area contributed by atoms with E-state index in [0.29, 0.717) is 11.3 Å². The lowest BCUT2D eigenvalue weighted by Gasteiger charge is -2.05. The number of ketones is 1. The average Bonchev–Trinajstić information content (AvgIpc) is 2.88. The Morgan fingerprint density at radius 3 is 2.61 bits per heavy atom. The summed E-state index contributed by atoms with van der Waals surface area (Å²) in [6.07, 6.45) is 0.833. The standard InChI is InChI=1S/C14H14N4O5/c1-23-10-4-2-9(3-5-10)11(19)6-15-12(20)7-16-18-8-13(21)17-14(18)22/h2-5,7H,6,8H2,1H3,(H,15,20)(H,17,21,22). The Morgan fingerprint density at radius 1 is 1.35 bits per heavy atom. The minimum absolute atomic E-state index is 0.220. The molecule has 1 aliphatic heterocycles. The summed E-state index contributed by atoms with van der Waals surface area (Å²) >= 11 is 0. The number of Topliss-reactive ketones (excluding diaryl/α,β-unsaturated/α-hetero) is 1. The molecular weight excluding hydrogens is 304 g/mol. The van der Waals surface area contributed by atoms with Crippen LogP contribution >= 0.6 is 0 Å². The smallest absolute Gasteiger partial charge is 0.344 e. The number of urea groups is 1. The van der Waals surface area contributed by atoms with E-state index in [0.717, 1.165) is 11.2 Å². The molecule has 0 bridgehead atoms. The van der Waals surface area contributed by atoms with Crippen LogP contribution in [-0.2, 0) is 9.59 Å². The zero-order valence-electron chi connectivity index (χ0n) is 12.2. The Kier molecular flexibility index (Phi) is 5.03. The minimum Gasteiger partial charge on any atom is -0.497 e. The molecule has 9 nitrogen and oxygen atoms in total. The first-order chi connectivity index (χ1) is 11.0. The molecule has 0 atom stereocenters. The average molecular weight is 318 g/mol. The number of nitrogens with zero attached hydrogens (tertiary/aromatic N) is 2. The van der Waals surface area contributed by atoms with E-state index in [1.165, 1.54) is 7.11 Å². The van der Waals surface area contributed by atoms with Crippen molar-refractivity contribution in [3.8, 4) is 5.75 Å². The second kappa shape index (κ2) is 7.16. The third-order valence-corrected chi connectivity index (χ3v) is 2.92. The summed E-state index contributed by atoms with van der Waals surface area (Å²) < 4.78 is 4.98. The zero-order chi connectivity index (χ0) is 16.8. The fraction of sp³-hybridized carbons (Fsp3) is 0.214. The molecule has 2 rings (SSSR count). The first-order valence-corrected chi connectivity index (χ1v) is 6.60. The van der Waals surface area contributed by atoms with Crippen molar-refractivity contribution >= 4 is 29.8 Å². The largest absolute Gasteiger partial charge is 0.497 e. The lowest BCUT2D eigenvalue weighted by Crippen LogP contribution is -2.31. The van der Waals surface area contributed by atoms with Crippen LogP contribution in [0.1, 0.15) is 10.4 Å². The highest BCUT2D eigenvalue weighted by Gasteiger charge is 2.26. The molecule has 120 valence electrons. The third-order valence-electron chi connectivity index (χ3n) is 2.92. The molecule has 0 spiro atoms. The minimum atomic E-state index is -0.701. The summed E-state index contributed by atoms with van der Waals surface area (Å²) in [7, 11) is 1.52. The van der Waals surface area contributed by atoms with Gasteiger partial charge >= 0.3 is 6.03 Å². The van der Waals surface area contributed by atoms with E-state index in [2.05, 4.69) is 10.4 Å². The number of rotatable bonds is 6. The number of hydrogen-bond donors (Lipinski definition) is 2. The van der Waals surface area contributed by atoms with Gasteiger partial charge in [0, 0.05) is 5.56 Å². The van der Waals surface area contributed by atoms with Crippen molar-refractivity contribution in [1.82, 2.24) is 15.6 Å². The summed E-state index contributed by atoms with van der Waals surface area (Å²) in [6, 6.07) is 5.75. The van der Waals surface area contributed by atoms with E-state index >= 15 is 0 Å². The van der Waals surface area contributed by atoms with Crippen LogP contribution in [0.4, 0.5) is 4.79 Å². The molecule has 2 N–H and O–H groups in total. The number of benzene rings is 1. The molecule has 0 aliphatic carbocycles. The molecule has 0 aromatic heterocycles. The van der Waals surface area contributed by atoms with E-state index < -0.39 is 17.8 Å². The molecule has 9 heteroatoms. The van der Waals surface area contributed by atoms with Gasteiger partial charge in [0.1, 0.15) is 18.5 Å². The van der Waals surface area contributed by atoms with Crippen molar-refractivity contribution in [2.75, 3.05) is 20.2 Å². The molecule has 1 aliphatic rings. The molecule has 1 fully saturated rings. The first-order valence-electron chi connectivity index (χ1n) is 6.60. The van der Waals surface area contributed by atoms with E-state index in [1.54, 1.807) is 24.3 Å². The summed E-state index contributed by atoms with van der Waals surface area (Å²) in [4.78, 5) is 45.5. The number of ether oxygens (including phenoxy) is 1. The van der Waals surface area contributed by atoms with Gasteiger partial charge < -0.3 is 10.1 Å². The van der Waals surface area contributed by atoms with Crippen LogP contribution in [0.2, 0.25) is 0 Å². The van der Waals surface area contributed by atoms with Crippen LogP contribution < -0.4 is 15.4 Å². The quantitative estimate of drug-likeness (QED) is 0.418. The highest BCUT2D eigenvalue weighted by atomic mass is 16.5. The van der Waals surface area contributed by atoms with E-state index in [-0.39, 0.29) is 18.9 Å². The van der Waals surface area contributed by atoms with Crippen molar-refractivity contribution < 1.29 is 23.9 Å². The molecule has 1 heterocycles. The van der Waals surface area contributed by atoms with Crippen molar-refractivity contribution in [3.63, 3.8) is 0 Å².